The number of halogens is 3. The fourth-order valence-electron chi connectivity index (χ4n) is 4.43. The Balaban J connectivity index is 1.95. The highest BCUT2D eigenvalue weighted by atomic mass is 35.6. The number of hydrogen-bond donors (Lipinski definition) is 4. The van der Waals surface area contributed by atoms with Crippen LogP contribution in [-0.2, 0) is 37.4 Å². The standard InChI is InChI=1S/C32H45Cl3N6O6/c1-8-24-39-23-16-20(11-12-21(23)28(44)41(24)7)13-14-31(5,6)30(46)40-25(18(2)3)27(43)38-19(4)26(42)37-15-9-10-22(36)29(45)47-17-32(33,34)35/h11-14,16,18-19,22,25H,8-10,15,17,36H2,1-7H3,(H,37,42)(H,38,43)(H,40,46)/b14-13+. The van der Waals surface area contributed by atoms with Gasteiger partial charge in [-0.05, 0) is 57.2 Å². The van der Waals surface area contributed by atoms with Crippen LogP contribution in [0.2, 0.25) is 0 Å². The van der Waals surface area contributed by atoms with Crippen LogP contribution in [-0.4, -0.2) is 68.3 Å². The van der Waals surface area contributed by atoms with E-state index in [4.69, 9.17) is 45.3 Å². The fraction of sp³-hybridized carbons (Fsp3) is 0.562. The molecule has 5 N–H and O–H groups in total. The maximum absolute atomic E-state index is 13.3. The third kappa shape index (κ3) is 12.1. The second-order valence-electron chi connectivity index (χ2n) is 12.3. The first-order valence-corrected chi connectivity index (χ1v) is 16.5. The quantitative estimate of drug-likeness (QED) is 0.123. The lowest BCUT2D eigenvalue weighted by Crippen LogP contribution is -2.56. The van der Waals surface area contributed by atoms with E-state index in [1.165, 1.54) is 6.92 Å². The Morgan fingerprint density at radius 2 is 1.74 bits per heavy atom. The molecule has 3 atom stereocenters. The van der Waals surface area contributed by atoms with Crippen molar-refractivity contribution < 1.29 is 23.9 Å². The van der Waals surface area contributed by atoms with Crippen LogP contribution in [0.15, 0.2) is 29.1 Å². The minimum Gasteiger partial charge on any atom is -0.460 e. The van der Waals surface area contributed by atoms with E-state index in [9.17, 15) is 24.0 Å². The normalized spacial score (nSPS) is 14.1. The Morgan fingerprint density at radius 1 is 1.09 bits per heavy atom. The van der Waals surface area contributed by atoms with Crippen molar-refractivity contribution in [1.82, 2.24) is 25.5 Å². The number of nitrogens with one attached hydrogen (secondary N) is 3. The molecule has 0 aliphatic heterocycles. The smallest absolute Gasteiger partial charge is 0.323 e. The topological polar surface area (TPSA) is 175 Å². The molecule has 260 valence electrons. The summed E-state index contributed by atoms with van der Waals surface area (Å²) in [5, 5.41) is 8.66. The number of rotatable bonds is 15. The van der Waals surface area contributed by atoms with Gasteiger partial charge < -0.3 is 26.4 Å². The van der Waals surface area contributed by atoms with Crippen LogP contribution in [0.3, 0.4) is 0 Å². The van der Waals surface area contributed by atoms with Crippen molar-refractivity contribution in [3.8, 4) is 0 Å². The highest BCUT2D eigenvalue weighted by Gasteiger charge is 2.32. The Bertz CT molecular complexity index is 1540. The molecule has 2 rings (SSSR count). The van der Waals surface area contributed by atoms with E-state index in [0.717, 1.165) is 5.56 Å². The zero-order valence-corrected chi connectivity index (χ0v) is 30.1. The van der Waals surface area contributed by atoms with Crippen molar-refractivity contribution >= 4 is 75.5 Å². The third-order valence-corrected chi connectivity index (χ3v) is 7.77. The number of hydrogen-bond acceptors (Lipinski definition) is 8. The largest absolute Gasteiger partial charge is 0.460 e. The molecule has 0 saturated carbocycles. The first-order chi connectivity index (χ1) is 21.8. The zero-order valence-electron chi connectivity index (χ0n) is 27.8. The van der Waals surface area contributed by atoms with Gasteiger partial charge >= 0.3 is 5.97 Å². The van der Waals surface area contributed by atoms with Crippen molar-refractivity contribution in [3.05, 3.63) is 46.0 Å². The van der Waals surface area contributed by atoms with Gasteiger partial charge in [0.15, 0.2) is 0 Å². The fourth-order valence-corrected chi connectivity index (χ4v) is 4.59. The number of carbonyl (C=O) groups is 4. The molecule has 2 aromatic rings. The molecule has 0 aliphatic carbocycles. The van der Waals surface area contributed by atoms with E-state index in [2.05, 4.69) is 20.9 Å². The van der Waals surface area contributed by atoms with Crippen LogP contribution in [0.5, 0.6) is 0 Å². The molecule has 3 amide bonds. The van der Waals surface area contributed by atoms with Gasteiger partial charge in [0.1, 0.15) is 30.6 Å². The zero-order chi connectivity index (χ0) is 35.7. The number of nitrogens with two attached hydrogens (primary N) is 1. The molecule has 0 aliphatic rings. The second-order valence-corrected chi connectivity index (χ2v) is 14.8. The van der Waals surface area contributed by atoms with Gasteiger partial charge in [0.2, 0.25) is 21.5 Å². The predicted octanol–water partition coefficient (Wildman–Crippen LogP) is 3.32. The predicted molar refractivity (Wildman–Crippen MR) is 185 cm³/mol. The number of alkyl halides is 3. The highest BCUT2D eigenvalue weighted by Crippen LogP contribution is 2.26. The molecule has 12 nitrogen and oxygen atoms in total. The molecule has 0 spiro atoms. The first kappa shape index (κ1) is 40.0. The van der Waals surface area contributed by atoms with Crippen molar-refractivity contribution in [3.63, 3.8) is 0 Å². The van der Waals surface area contributed by atoms with E-state index in [1.807, 2.05) is 6.92 Å². The van der Waals surface area contributed by atoms with Crippen LogP contribution < -0.4 is 27.2 Å². The van der Waals surface area contributed by atoms with Crippen molar-refractivity contribution in [1.29, 1.82) is 0 Å². The number of esters is 1. The summed E-state index contributed by atoms with van der Waals surface area (Å²) in [4.78, 5) is 68.2. The van der Waals surface area contributed by atoms with Gasteiger partial charge in [0.05, 0.1) is 16.3 Å². The van der Waals surface area contributed by atoms with Gasteiger partial charge in [-0.1, -0.05) is 73.8 Å². The van der Waals surface area contributed by atoms with Crippen LogP contribution >= 0.6 is 34.8 Å². The summed E-state index contributed by atoms with van der Waals surface area (Å²) < 4.78 is 4.64. The van der Waals surface area contributed by atoms with Crippen LogP contribution in [0.4, 0.5) is 0 Å². The number of aryl methyl sites for hydroxylation is 1. The van der Waals surface area contributed by atoms with Crippen LogP contribution in [0.25, 0.3) is 17.0 Å². The molecule has 47 heavy (non-hydrogen) atoms. The Morgan fingerprint density at radius 3 is 2.34 bits per heavy atom. The van der Waals surface area contributed by atoms with Crippen molar-refractivity contribution in [2.45, 2.75) is 82.7 Å². The number of aromatic nitrogens is 2. The van der Waals surface area contributed by atoms with E-state index in [0.29, 0.717) is 29.6 Å². The molecule has 15 heteroatoms. The summed E-state index contributed by atoms with van der Waals surface area (Å²) in [6.07, 6.45) is 4.68. The number of amides is 3. The molecule has 0 bridgehead atoms. The number of fused-ring (bicyclic) bond motifs is 1. The average molecular weight is 716 g/mol. The molecule has 1 aromatic carbocycles. The molecule has 3 unspecified atom stereocenters. The molecule has 0 radical (unpaired) electrons. The van der Waals surface area contributed by atoms with Gasteiger partial charge in [0, 0.05) is 20.0 Å². The van der Waals surface area contributed by atoms with E-state index >= 15 is 0 Å². The minimum atomic E-state index is -1.74. The molecule has 1 aromatic heterocycles. The number of nitrogens with zero attached hydrogens (tertiary/aromatic N) is 2. The molecule has 0 saturated heterocycles. The summed E-state index contributed by atoms with van der Waals surface area (Å²) in [6.45, 7) is 10.2. The summed E-state index contributed by atoms with van der Waals surface area (Å²) in [6, 6.07) is 2.54. The Kier molecular flexibility index (Phi) is 14.7. The lowest BCUT2D eigenvalue weighted by molar-refractivity contribution is -0.145. The molecule has 1 heterocycles. The lowest BCUT2D eigenvalue weighted by atomic mass is 9.89. The highest BCUT2D eigenvalue weighted by molar-refractivity contribution is 6.67. The van der Waals surface area contributed by atoms with E-state index in [1.54, 1.807) is 69.7 Å². The van der Waals surface area contributed by atoms with Gasteiger partial charge in [-0.15, -0.1) is 0 Å². The Labute approximate surface area is 290 Å². The van der Waals surface area contributed by atoms with Gasteiger partial charge in [0.25, 0.3) is 5.56 Å². The average Bonchev–Trinajstić information content (AvgIpc) is 3.00. The second kappa shape index (κ2) is 17.3. The first-order valence-electron chi connectivity index (χ1n) is 15.3. The monoisotopic (exact) mass is 714 g/mol. The summed E-state index contributed by atoms with van der Waals surface area (Å²) in [5.74, 6) is -1.68. The van der Waals surface area contributed by atoms with Crippen LogP contribution in [0.1, 0.15) is 65.8 Å². The number of ether oxygens (including phenoxy) is 1. The number of carbonyl (C=O) groups excluding carboxylic acids is 4. The molecule has 0 fully saturated rings. The van der Waals surface area contributed by atoms with E-state index < -0.39 is 51.7 Å². The summed E-state index contributed by atoms with van der Waals surface area (Å²) in [7, 11) is 1.70. The van der Waals surface area contributed by atoms with Crippen molar-refractivity contribution in [2.24, 2.45) is 24.1 Å². The van der Waals surface area contributed by atoms with Gasteiger partial charge in [-0.25, -0.2) is 4.98 Å². The Hall–Kier alpha value is -3.19. The van der Waals surface area contributed by atoms with Gasteiger partial charge in [-0.3, -0.25) is 28.5 Å². The van der Waals surface area contributed by atoms with Gasteiger partial charge in [-0.2, -0.15) is 0 Å². The summed E-state index contributed by atoms with van der Waals surface area (Å²) in [5.41, 5.74) is 6.00. The van der Waals surface area contributed by atoms with Crippen molar-refractivity contribution in [2.75, 3.05) is 13.2 Å². The number of benzene rings is 1. The lowest BCUT2D eigenvalue weighted by Gasteiger charge is -2.28. The summed E-state index contributed by atoms with van der Waals surface area (Å²) >= 11 is 16.7. The maximum atomic E-state index is 13.3. The maximum Gasteiger partial charge on any atom is 0.323 e. The minimum absolute atomic E-state index is 0.119. The van der Waals surface area contributed by atoms with E-state index in [-0.39, 0.29) is 30.3 Å². The molecular formula is C32H45Cl3N6O6. The third-order valence-electron chi connectivity index (χ3n) is 7.45. The van der Waals surface area contributed by atoms with Crippen LogP contribution in [0, 0.1) is 11.3 Å². The SMILES string of the molecule is CCc1nc2cc(/C=C/C(C)(C)C(=O)NC(C(=O)NC(C)C(=O)NCCCC(N)C(=O)OCC(Cl)(Cl)Cl)C(C)C)ccc2c(=O)n1C. The molecular weight excluding hydrogens is 671 g/mol.